The predicted octanol–water partition coefficient (Wildman–Crippen LogP) is 5.06. The monoisotopic (exact) mass is 288 g/mol. The first kappa shape index (κ1) is 16.5. The Morgan fingerprint density at radius 1 is 1.14 bits per heavy atom. The fraction of sp³-hybridized carbons (Fsp3) is 0.700. The van der Waals surface area contributed by atoms with Gasteiger partial charge in [0.2, 0.25) is 0 Å². The molecule has 1 aromatic rings. The summed E-state index contributed by atoms with van der Waals surface area (Å²) in [6.07, 6.45) is 5.88. The third-order valence-corrected chi connectivity index (χ3v) is 5.68. The number of hydrogen-bond donors (Lipinski definition) is 1. The van der Waals surface area contributed by atoms with Gasteiger partial charge in [-0.15, -0.1) is 0 Å². The molecule has 0 saturated heterocycles. The Kier molecular flexibility index (Phi) is 4.82. The quantitative estimate of drug-likeness (QED) is 0.824. The molecule has 1 N–H and O–H groups in total. The average molecular weight is 288 g/mol. The maximum Gasteiger partial charge on any atom is 0.0490 e. The van der Waals surface area contributed by atoms with Gasteiger partial charge in [-0.2, -0.15) is 0 Å². The minimum Gasteiger partial charge on any atom is -0.396 e. The van der Waals surface area contributed by atoms with Crippen LogP contribution in [0.1, 0.15) is 63.1 Å². The van der Waals surface area contributed by atoms with Gasteiger partial charge in [0.1, 0.15) is 0 Å². The smallest absolute Gasteiger partial charge is 0.0490 e. The molecule has 0 amide bonds. The normalized spacial score (nSPS) is 26.9. The molecule has 0 unspecified atom stereocenters. The van der Waals surface area contributed by atoms with E-state index in [9.17, 15) is 5.11 Å². The highest BCUT2D eigenvalue weighted by molar-refractivity contribution is 5.31. The van der Waals surface area contributed by atoms with Gasteiger partial charge in [0.25, 0.3) is 0 Å². The van der Waals surface area contributed by atoms with Crippen molar-refractivity contribution in [3.63, 3.8) is 0 Å². The van der Waals surface area contributed by atoms with E-state index in [4.69, 9.17) is 0 Å². The summed E-state index contributed by atoms with van der Waals surface area (Å²) in [5.41, 5.74) is 4.64. The molecule has 1 aliphatic carbocycles. The van der Waals surface area contributed by atoms with Gasteiger partial charge >= 0.3 is 0 Å². The number of aliphatic hydroxyl groups is 1. The van der Waals surface area contributed by atoms with E-state index < -0.39 is 0 Å². The van der Waals surface area contributed by atoms with Gasteiger partial charge < -0.3 is 5.11 Å². The lowest BCUT2D eigenvalue weighted by atomic mass is 9.62. The van der Waals surface area contributed by atoms with Gasteiger partial charge in [0.15, 0.2) is 0 Å². The van der Waals surface area contributed by atoms with E-state index in [-0.39, 0.29) is 5.41 Å². The number of hydrogen-bond acceptors (Lipinski definition) is 1. The first-order chi connectivity index (χ1) is 9.76. The van der Waals surface area contributed by atoms with E-state index in [2.05, 4.69) is 52.8 Å². The summed E-state index contributed by atoms with van der Waals surface area (Å²) in [5.74, 6) is 0.802. The van der Waals surface area contributed by atoms with Crippen molar-refractivity contribution in [3.8, 4) is 0 Å². The molecule has 1 aliphatic rings. The molecule has 1 heteroatoms. The second-order valence-corrected chi connectivity index (χ2v) is 8.41. The van der Waals surface area contributed by atoms with Gasteiger partial charge in [-0.25, -0.2) is 0 Å². The fourth-order valence-electron chi connectivity index (χ4n) is 3.88. The Labute approximate surface area is 130 Å². The van der Waals surface area contributed by atoms with E-state index >= 15 is 0 Å². The zero-order valence-corrected chi connectivity index (χ0v) is 14.5. The minimum absolute atomic E-state index is 0.111. The zero-order valence-electron chi connectivity index (χ0n) is 14.5. The van der Waals surface area contributed by atoms with Gasteiger partial charge in [-0.1, -0.05) is 44.5 Å². The van der Waals surface area contributed by atoms with Crippen LogP contribution in [0.25, 0.3) is 0 Å². The van der Waals surface area contributed by atoms with Crippen LogP contribution in [0.2, 0.25) is 0 Å². The van der Waals surface area contributed by atoms with Crippen molar-refractivity contribution in [2.75, 3.05) is 6.61 Å². The first-order valence-electron chi connectivity index (χ1n) is 8.43. The molecule has 0 aliphatic heterocycles. The van der Waals surface area contributed by atoms with Crippen molar-refractivity contribution in [2.45, 2.75) is 66.7 Å². The molecule has 1 saturated carbocycles. The highest BCUT2D eigenvalue weighted by atomic mass is 16.3. The molecule has 0 radical (unpaired) electrons. The summed E-state index contributed by atoms with van der Waals surface area (Å²) in [7, 11) is 0. The molecule has 0 spiro atoms. The molecule has 118 valence electrons. The lowest BCUT2D eigenvalue weighted by Crippen LogP contribution is -2.36. The molecule has 1 aromatic carbocycles. The van der Waals surface area contributed by atoms with E-state index in [0.717, 1.165) is 12.3 Å². The van der Waals surface area contributed by atoms with Crippen LogP contribution in [-0.2, 0) is 6.42 Å². The van der Waals surface area contributed by atoms with Crippen LogP contribution >= 0.6 is 0 Å². The molecule has 21 heavy (non-hydrogen) atoms. The Bertz CT molecular complexity index is 473. The maximum atomic E-state index is 10.1. The lowest BCUT2D eigenvalue weighted by molar-refractivity contribution is 0.0368. The molecule has 0 aromatic heterocycles. The van der Waals surface area contributed by atoms with Crippen LogP contribution in [0.4, 0.5) is 0 Å². The van der Waals surface area contributed by atoms with Crippen LogP contribution in [0.15, 0.2) is 18.2 Å². The highest BCUT2D eigenvalue weighted by Crippen LogP contribution is 2.46. The third kappa shape index (κ3) is 3.88. The fourth-order valence-corrected chi connectivity index (χ4v) is 3.88. The van der Waals surface area contributed by atoms with Gasteiger partial charge in [-0.3, -0.25) is 0 Å². The van der Waals surface area contributed by atoms with E-state index in [1.54, 1.807) is 0 Å². The number of benzene rings is 1. The lowest BCUT2D eigenvalue weighted by Gasteiger charge is -2.43. The molecule has 1 fully saturated rings. The Hall–Kier alpha value is -0.820. The summed E-state index contributed by atoms with van der Waals surface area (Å²) < 4.78 is 0. The summed E-state index contributed by atoms with van der Waals surface area (Å²) in [6.45, 7) is 11.7. The van der Waals surface area contributed by atoms with Crippen molar-refractivity contribution in [1.82, 2.24) is 0 Å². The van der Waals surface area contributed by atoms with Crippen molar-refractivity contribution in [1.29, 1.82) is 0 Å². The van der Waals surface area contributed by atoms with E-state index in [1.165, 1.54) is 42.4 Å². The molecule has 0 heterocycles. The molecular weight excluding hydrogens is 256 g/mol. The number of aryl methyl sites for hydroxylation is 2. The Morgan fingerprint density at radius 3 is 2.29 bits per heavy atom. The second-order valence-electron chi connectivity index (χ2n) is 8.41. The SMILES string of the molecule is Cc1ccc(C)c(CC2(CO)CCC(C(C)(C)C)CC2)c1. The predicted molar refractivity (Wildman–Crippen MR) is 90.6 cm³/mol. The second kappa shape index (κ2) is 6.12. The molecule has 0 bridgehead atoms. The van der Waals surface area contributed by atoms with Gasteiger partial charge in [0.05, 0.1) is 0 Å². The minimum atomic E-state index is 0.111. The summed E-state index contributed by atoms with van der Waals surface area (Å²) in [6, 6.07) is 6.71. The first-order valence-corrected chi connectivity index (χ1v) is 8.43. The average Bonchev–Trinajstić information content (AvgIpc) is 2.42. The standard InChI is InChI=1S/C20H32O/c1-15-6-7-16(2)17(12-15)13-20(14-21)10-8-18(9-11-20)19(3,4)5/h6-7,12,18,21H,8-11,13-14H2,1-5H3. The van der Waals surface area contributed by atoms with Crippen LogP contribution in [0.5, 0.6) is 0 Å². The van der Waals surface area contributed by atoms with Crippen molar-refractivity contribution in [3.05, 3.63) is 34.9 Å². The Morgan fingerprint density at radius 2 is 1.76 bits per heavy atom. The Balaban J connectivity index is 2.12. The number of rotatable bonds is 3. The van der Waals surface area contributed by atoms with E-state index in [1.807, 2.05) is 0 Å². The molecule has 0 atom stereocenters. The van der Waals surface area contributed by atoms with Crippen LogP contribution < -0.4 is 0 Å². The zero-order chi connectivity index (χ0) is 15.7. The van der Waals surface area contributed by atoms with Crippen molar-refractivity contribution >= 4 is 0 Å². The number of aliphatic hydroxyl groups excluding tert-OH is 1. The molecule has 2 rings (SSSR count). The van der Waals surface area contributed by atoms with Gasteiger partial charge in [-0.05, 0) is 73.8 Å². The largest absolute Gasteiger partial charge is 0.396 e. The van der Waals surface area contributed by atoms with Gasteiger partial charge in [0, 0.05) is 6.61 Å². The highest BCUT2D eigenvalue weighted by Gasteiger charge is 2.38. The third-order valence-electron chi connectivity index (χ3n) is 5.68. The summed E-state index contributed by atoms with van der Waals surface area (Å²) in [4.78, 5) is 0. The van der Waals surface area contributed by atoms with Crippen LogP contribution in [-0.4, -0.2) is 11.7 Å². The van der Waals surface area contributed by atoms with Crippen molar-refractivity contribution < 1.29 is 5.11 Å². The molecule has 1 nitrogen and oxygen atoms in total. The summed E-state index contributed by atoms with van der Waals surface area (Å²) >= 11 is 0. The van der Waals surface area contributed by atoms with Crippen molar-refractivity contribution in [2.24, 2.45) is 16.7 Å². The van der Waals surface area contributed by atoms with E-state index in [0.29, 0.717) is 12.0 Å². The maximum absolute atomic E-state index is 10.1. The summed E-state index contributed by atoms with van der Waals surface area (Å²) in [5, 5.41) is 10.1. The van der Waals surface area contributed by atoms with Crippen LogP contribution in [0, 0.1) is 30.6 Å². The van der Waals surface area contributed by atoms with Crippen LogP contribution in [0.3, 0.4) is 0 Å². The topological polar surface area (TPSA) is 20.2 Å². The molecular formula is C20H32O.